The molecule has 0 saturated carbocycles. The van der Waals surface area contributed by atoms with Gasteiger partial charge in [-0.2, -0.15) is 0 Å². The van der Waals surface area contributed by atoms with Gasteiger partial charge in [0.1, 0.15) is 11.4 Å². The topological polar surface area (TPSA) is 33.3 Å². The summed E-state index contributed by atoms with van der Waals surface area (Å²) in [5, 5.41) is 6.79. The fraction of sp³-hybridized carbons (Fsp3) is 1.00. The Balaban J connectivity index is 4.47. The largest absolute Gasteiger partial charge is 0.340 e. The highest BCUT2D eigenvalue weighted by Crippen LogP contribution is 2.22. The van der Waals surface area contributed by atoms with Gasteiger partial charge in [-0.15, -0.1) is 0 Å². The lowest BCUT2D eigenvalue weighted by Gasteiger charge is -2.40. The number of hydrogen-bond acceptors (Lipinski definition) is 3. The van der Waals surface area contributed by atoms with E-state index < -0.39 is 0 Å². The number of ether oxygens (including phenoxy) is 1. The lowest BCUT2D eigenvalue weighted by molar-refractivity contribution is -0.173. The van der Waals surface area contributed by atoms with Crippen molar-refractivity contribution in [3.63, 3.8) is 0 Å². The van der Waals surface area contributed by atoms with Crippen LogP contribution in [-0.2, 0) is 4.74 Å². The van der Waals surface area contributed by atoms with Gasteiger partial charge in [-0.25, -0.2) is 0 Å². The van der Waals surface area contributed by atoms with Gasteiger partial charge in [0, 0.05) is 0 Å². The Labute approximate surface area is 95.0 Å². The molecule has 0 fully saturated rings. The van der Waals surface area contributed by atoms with Crippen LogP contribution in [0, 0.1) is 0 Å². The lowest BCUT2D eigenvalue weighted by Crippen LogP contribution is -2.55. The second-order valence-electron chi connectivity index (χ2n) is 4.33. The molecule has 0 heterocycles. The van der Waals surface area contributed by atoms with Crippen LogP contribution in [0.4, 0.5) is 0 Å². The maximum atomic E-state index is 6.18. The van der Waals surface area contributed by atoms with Crippen LogP contribution in [0.25, 0.3) is 0 Å². The smallest absolute Gasteiger partial charge is 0.118 e. The molecule has 0 aliphatic carbocycles. The fourth-order valence-electron chi connectivity index (χ4n) is 1.71. The van der Waals surface area contributed by atoms with E-state index in [9.17, 15) is 0 Å². The molecule has 3 nitrogen and oxygen atoms in total. The zero-order chi connectivity index (χ0) is 11.9. The van der Waals surface area contributed by atoms with Crippen LogP contribution in [0.15, 0.2) is 0 Å². The third-order valence-electron chi connectivity index (χ3n) is 2.90. The standard InChI is InChI=1S/C12H28N2O/c1-7-11(5,13-9-3)15-12(6,8-2)14-10-4/h13-14H,7-10H2,1-6H3. The Bertz CT molecular complexity index is 157. The van der Waals surface area contributed by atoms with Gasteiger partial charge in [0.2, 0.25) is 0 Å². The summed E-state index contributed by atoms with van der Waals surface area (Å²) in [6.07, 6.45) is 1.92. The van der Waals surface area contributed by atoms with Gasteiger partial charge in [0.05, 0.1) is 0 Å². The first-order valence-corrected chi connectivity index (χ1v) is 6.15. The molecule has 0 aliphatic rings. The first kappa shape index (κ1) is 14.9. The van der Waals surface area contributed by atoms with Gasteiger partial charge in [-0.05, 0) is 39.8 Å². The van der Waals surface area contributed by atoms with Crippen molar-refractivity contribution in [1.82, 2.24) is 10.6 Å². The van der Waals surface area contributed by atoms with Crippen molar-refractivity contribution in [3.8, 4) is 0 Å². The number of rotatable bonds is 8. The van der Waals surface area contributed by atoms with E-state index in [0.717, 1.165) is 25.9 Å². The van der Waals surface area contributed by atoms with Gasteiger partial charge >= 0.3 is 0 Å². The number of nitrogens with one attached hydrogen (secondary N) is 2. The van der Waals surface area contributed by atoms with Crippen molar-refractivity contribution < 1.29 is 4.74 Å². The molecule has 0 aliphatic heterocycles. The Morgan fingerprint density at radius 2 is 1.13 bits per heavy atom. The molecule has 0 bridgehead atoms. The van der Waals surface area contributed by atoms with Crippen LogP contribution in [-0.4, -0.2) is 24.5 Å². The highest BCUT2D eigenvalue weighted by molar-refractivity contribution is 4.78. The SMILES string of the molecule is CCNC(C)(CC)OC(C)(CC)NCC. The van der Waals surface area contributed by atoms with E-state index in [1.165, 1.54) is 0 Å². The summed E-state index contributed by atoms with van der Waals surface area (Å²) in [6, 6.07) is 0. The molecule has 92 valence electrons. The number of hydrogen-bond donors (Lipinski definition) is 2. The summed E-state index contributed by atoms with van der Waals surface area (Å²) in [7, 11) is 0. The van der Waals surface area contributed by atoms with Gasteiger partial charge in [-0.3, -0.25) is 10.6 Å². The molecule has 0 aromatic carbocycles. The summed E-state index contributed by atoms with van der Waals surface area (Å²) in [4.78, 5) is 0. The predicted molar refractivity (Wildman–Crippen MR) is 65.8 cm³/mol. The van der Waals surface area contributed by atoms with Crippen molar-refractivity contribution in [2.45, 2.75) is 65.8 Å². The molecule has 0 aromatic rings. The predicted octanol–water partition coefficient (Wildman–Crippen LogP) is 2.47. The minimum atomic E-state index is -0.234. The zero-order valence-corrected chi connectivity index (χ0v) is 11.2. The molecule has 2 atom stereocenters. The van der Waals surface area contributed by atoms with Crippen molar-refractivity contribution in [3.05, 3.63) is 0 Å². The van der Waals surface area contributed by atoms with Gasteiger partial charge < -0.3 is 4.74 Å². The van der Waals surface area contributed by atoms with Crippen LogP contribution < -0.4 is 10.6 Å². The average molecular weight is 216 g/mol. The zero-order valence-electron chi connectivity index (χ0n) is 11.2. The normalized spacial score (nSPS) is 19.6. The summed E-state index contributed by atoms with van der Waals surface area (Å²) < 4.78 is 6.18. The van der Waals surface area contributed by atoms with Crippen LogP contribution in [0.1, 0.15) is 54.4 Å². The average Bonchev–Trinajstić information content (AvgIpc) is 2.18. The van der Waals surface area contributed by atoms with E-state index in [2.05, 4.69) is 52.2 Å². The third kappa shape index (κ3) is 4.96. The molecule has 2 N–H and O–H groups in total. The van der Waals surface area contributed by atoms with E-state index in [1.54, 1.807) is 0 Å². The molecule has 0 amide bonds. The van der Waals surface area contributed by atoms with Crippen LogP contribution >= 0.6 is 0 Å². The van der Waals surface area contributed by atoms with Crippen molar-refractivity contribution in [2.24, 2.45) is 0 Å². The highest BCUT2D eigenvalue weighted by Gasteiger charge is 2.32. The van der Waals surface area contributed by atoms with Crippen molar-refractivity contribution >= 4 is 0 Å². The molecule has 15 heavy (non-hydrogen) atoms. The van der Waals surface area contributed by atoms with Gasteiger partial charge in [0.15, 0.2) is 0 Å². The van der Waals surface area contributed by atoms with Crippen LogP contribution in [0.5, 0.6) is 0 Å². The fourth-order valence-corrected chi connectivity index (χ4v) is 1.71. The summed E-state index contributed by atoms with van der Waals surface area (Å²) in [5.41, 5.74) is -0.469. The summed E-state index contributed by atoms with van der Waals surface area (Å²) in [6.45, 7) is 14.6. The molecular weight excluding hydrogens is 188 g/mol. The second-order valence-corrected chi connectivity index (χ2v) is 4.33. The molecule has 0 spiro atoms. The van der Waals surface area contributed by atoms with Crippen molar-refractivity contribution in [1.29, 1.82) is 0 Å². The molecule has 0 rings (SSSR count). The Hall–Kier alpha value is -0.120. The second kappa shape index (κ2) is 6.46. The summed E-state index contributed by atoms with van der Waals surface area (Å²) >= 11 is 0. The first-order chi connectivity index (χ1) is 6.95. The molecule has 2 unspecified atom stereocenters. The van der Waals surface area contributed by atoms with Crippen LogP contribution in [0.2, 0.25) is 0 Å². The minimum Gasteiger partial charge on any atom is -0.340 e. The van der Waals surface area contributed by atoms with Gasteiger partial charge in [0.25, 0.3) is 0 Å². The monoisotopic (exact) mass is 216 g/mol. The molecule has 0 radical (unpaired) electrons. The van der Waals surface area contributed by atoms with Crippen molar-refractivity contribution in [2.75, 3.05) is 13.1 Å². The van der Waals surface area contributed by atoms with E-state index in [0.29, 0.717) is 0 Å². The van der Waals surface area contributed by atoms with Crippen LogP contribution in [0.3, 0.4) is 0 Å². The Morgan fingerprint density at radius 1 is 0.800 bits per heavy atom. The van der Waals surface area contributed by atoms with E-state index >= 15 is 0 Å². The maximum Gasteiger partial charge on any atom is 0.118 e. The molecule has 3 heteroatoms. The Morgan fingerprint density at radius 3 is 1.33 bits per heavy atom. The van der Waals surface area contributed by atoms with Gasteiger partial charge in [-0.1, -0.05) is 27.7 Å². The summed E-state index contributed by atoms with van der Waals surface area (Å²) in [5.74, 6) is 0. The molecular formula is C12H28N2O. The third-order valence-corrected chi connectivity index (χ3v) is 2.90. The minimum absolute atomic E-state index is 0.234. The quantitative estimate of drug-likeness (QED) is 0.612. The molecule has 0 aromatic heterocycles. The molecule has 0 saturated heterocycles. The van der Waals surface area contributed by atoms with E-state index in [1.807, 2.05) is 0 Å². The first-order valence-electron chi connectivity index (χ1n) is 6.15. The Kier molecular flexibility index (Phi) is 6.41. The van der Waals surface area contributed by atoms with E-state index in [4.69, 9.17) is 4.74 Å². The van der Waals surface area contributed by atoms with E-state index in [-0.39, 0.29) is 11.4 Å². The highest BCUT2D eigenvalue weighted by atomic mass is 16.5. The lowest BCUT2D eigenvalue weighted by atomic mass is 10.1. The maximum absolute atomic E-state index is 6.18.